The Labute approximate surface area is 199 Å². The number of carbonyl (C=O) groups is 1. The van der Waals surface area contributed by atoms with E-state index in [1.807, 2.05) is 25.1 Å². The van der Waals surface area contributed by atoms with Gasteiger partial charge >= 0.3 is 0 Å². The van der Waals surface area contributed by atoms with E-state index in [1.54, 1.807) is 25.4 Å². The first-order valence-electron chi connectivity index (χ1n) is 10.3. The molecule has 0 aliphatic rings. The third-order valence-corrected chi connectivity index (χ3v) is 5.86. The molecule has 0 unspecified atom stereocenters. The summed E-state index contributed by atoms with van der Waals surface area (Å²) in [5, 5.41) is 16.9. The van der Waals surface area contributed by atoms with Crippen LogP contribution in [0.15, 0.2) is 58.4 Å². The molecule has 0 bridgehead atoms. The Hall–Kier alpha value is -4.05. The number of aryl methyl sites for hydroxylation is 1. The van der Waals surface area contributed by atoms with Crippen LogP contribution >= 0.6 is 11.6 Å². The number of halogens is 1. The minimum atomic E-state index is -0.778. The standard InChI is InChI=1S/C23H21ClN6O4/c1-12(18(14-8-25-13(2)26-9-14)16-6-4-5-7-17(16)24)21-29-19(20(31)23(33)30(21)3)22(32)28-15-10-27-34-11-15/h4-12,18,31H,1-3H3,(H,28,32)/t12-,18-/m1/s1. The second-order valence-electron chi connectivity index (χ2n) is 7.75. The SMILES string of the molecule is Cc1ncc([C@H](c2ccccc2Cl)[C@@H](C)c2nc(C(=O)Nc3cnoc3)c(O)c(=O)n2C)cn1. The zero-order chi connectivity index (χ0) is 24.4. The first-order valence-corrected chi connectivity index (χ1v) is 10.7. The average Bonchev–Trinajstić information content (AvgIpc) is 3.33. The van der Waals surface area contributed by atoms with Crippen molar-refractivity contribution in [3.8, 4) is 5.75 Å². The fourth-order valence-corrected chi connectivity index (χ4v) is 4.06. The Morgan fingerprint density at radius 1 is 1.21 bits per heavy atom. The number of nitrogens with one attached hydrogen (secondary N) is 1. The molecular weight excluding hydrogens is 460 g/mol. The van der Waals surface area contributed by atoms with Gasteiger partial charge in [0.25, 0.3) is 11.5 Å². The van der Waals surface area contributed by atoms with Crippen molar-refractivity contribution >= 4 is 23.2 Å². The van der Waals surface area contributed by atoms with Gasteiger partial charge in [0.15, 0.2) is 5.69 Å². The van der Waals surface area contributed by atoms with E-state index in [9.17, 15) is 14.7 Å². The molecule has 0 fully saturated rings. The maximum atomic E-state index is 12.8. The van der Waals surface area contributed by atoms with Gasteiger partial charge in [0.05, 0.1) is 6.20 Å². The minimum absolute atomic E-state index is 0.257. The Kier molecular flexibility index (Phi) is 6.42. The number of aromatic hydroxyl groups is 1. The molecule has 0 saturated carbocycles. The van der Waals surface area contributed by atoms with Gasteiger partial charge in [-0.3, -0.25) is 14.2 Å². The lowest BCUT2D eigenvalue weighted by Crippen LogP contribution is -2.29. The summed E-state index contributed by atoms with van der Waals surface area (Å²) in [7, 11) is 1.48. The molecule has 1 aromatic carbocycles. The molecule has 2 atom stereocenters. The van der Waals surface area contributed by atoms with Crippen molar-refractivity contribution in [3.63, 3.8) is 0 Å². The lowest BCUT2D eigenvalue weighted by Gasteiger charge is -2.26. The molecule has 2 N–H and O–H groups in total. The van der Waals surface area contributed by atoms with Crippen LogP contribution in [-0.4, -0.2) is 35.7 Å². The highest BCUT2D eigenvalue weighted by Gasteiger charge is 2.30. The summed E-state index contributed by atoms with van der Waals surface area (Å²) in [6.07, 6.45) is 5.89. The van der Waals surface area contributed by atoms with Crippen LogP contribution in [0.3, 0.4) is 0 Å². The number of hydrogen-bond donors (Lipinski definition) is 2. The first kappa shape index (κ1) is 23.1. The van der Waals surface area contributed by atoms with Crippen LogP contribution < -0.4 is 10.9 Å². The van der Waals surface area contributed by atoms with Crippen LogP contribution in [0, 0.1) is 6.92 Å². The van der Waals surface area contributed by atoms with Gasteiger partial charge in [-0.25, -0.2) is 15.0 Å². The van der Waals surface area contributed by atoms with Crippen molar-refractivity contribution in [3.05, 3.63) is 93.0 Å². The zero-order valence-corrected chi connectivity index (χ0v) is 19.3. The van der Waals surface area contributed by atoms with Crippen LogP contribution in [0.5, 0.6) is 5.75 Å². The molecule has 3 heterocycles. The van der Waals surface area contributed by atoms with Gasteiger partial charge < -0.3 is 14.9 Å². The molecule has 34 heavy (non-hydrogen) atoms. The number of amides is 1. The number of aromatic nitrogens is 5. The number of rotatable bonds is 6. The fraction of sp³-hybridized carbons (Fsp3) is 0.217. The third-order valence-electron chi connectivity index (χ3n) is 5.51. The summed E-state index contributed by atoms with van der Waals surface area (Å²) in [5.41, 5.74) is 0.618. The maximum Gasteiger partial charge on any atom is 0.296 e. The Morgan fingerprint density at radius 2 is 1.91 bits per heavy atom. The highest BCUT2D eigenvalue weighted by atomic mass is 35.5. The molecule has 10 nitrogen and oxygen atoms in total. The van der Waals surface area contributed by atoms with Gasteiger partial charge in [-0.2, -0.15) is 0 Å². The van der Waals surface area contributed by atoms with Gasteiger partial charge in [0, 0.05) is 36.3 Å². The summed E-state index contributed by atoms with van der Waals surface area (Å²) in [5.74, 6) is -1.53. The van der Waals surface area contributed by atoms with Crippen LogP contribution in [0.25, 0.3) is 0 Å². The molecular formula is C23H21ClN6O4. The predicted octanol–water partition coefficient (Wildman–Crippen LogP) is 3.41. The second kappa shape index (κ2) is 9.44. The van der Waals surface area contributed by atoms with Gasteiger partial charge in [0.2, 0.25) is 5.75 Å². The van der Waals surface area contributed by atoms with Crippen molar-refractivity contribution in [1.29, 1.82) is 0 Å². The van der Waals surface area contributed by atoms with Crippen molar-refractivity contribution in [2.24, 2.45) is 7.05 Å². The molecule has 0 saturated heterocycles. The summed E-state index contributed by atoms with van der Waals surface area (Å²) < 4.78 is 5.91. The molecule has 0 aliphatic carbocycles. The van der Waals surface area contributed by atoms with E-state index in [2.05, 4.69) is 25.4 Å². The fourth-order valence-electron chi connectivity index (χ4n) is 3.81. The highest BCUT2D eigenvalue weighted by Crippen LogP contribution is 2.40. The Morgan fingerprint density at radius 3 is 2.56 bits per heavy atom. The predicted molar refractivity (Wildman–Crippen MR) is 124 cm³/mol. The summed E-state index contributed by atoms with van der Waals surface area (Å²) in [6.45, 7) is 3.64. The van der Waals surface area contributed by atoms with Crippen molar-refractivity contribution < 1.29 is 14.4 Å². The van der Waals surface area contributed by atoms with Crippen LogP contribution in [0.4, 0.5) is 5.69 Å². The lowest BCUT2D eigenvalue weighted by molar-refractivity contribution is 0.101. The molecule has 4 rings (SSSR count). The van der Waals surface area contributed by atoms with E-state index in [-0.39, 0.29) is 11.5 Å². The highest BCUT2D eigenvalue weighted by molar-refractivity contribution is 6.31. The zero-order valence-electron chi connectivity index (χ0n) is 18.6. The van der Waals surface area contributed by atoms with Crippen molar-refractivity contribution in [2.45, 2.75) is 25.7 Å². The van der Waals surface area contributed by atoms with Gasteiger partial charge in [-0.1, -0.05) is 41.9 Å². The topological polar surface area (TPSA) is 136 Å². The summed E-state index contributed by atoms with van der Waals surface area (Å²) >= 11 is 6.54. The number of hydrogen-bond acceptors (Lipinski definition) is 8. The van der Waals surface area contributed by atoms with Crippen LogP contribution in [-0.2, 0) is 7.05 Å². The molecule has 1 amide bonds. The average molecular weight is 481 g/mol. The smallest absolute Gasteiger partial charge is 0.296 e. The van der Waals surface area contributed by atoms with Crippen LogP contribution in [0.1, 0.15) is 52.0 Å². The van der Waals surface area contributed by atoms with E-state index in [4.69, 9.17) is 16.1 Å². The number of benzene rings is 1. The van der Waals surface area contributed by atoms with E-state index in [0.29, 0.717) is 10.8 Å². The molecule has 174 valence electrons. The van der Waals surface area contributed by atoms with Crippen LogP contribution in [0.2, 0.25) is 5.02 Å². The largest absolute Gasteiger partial charge is 0.501 e. The second-order valence-corrected chi connectivity index (χ2v) is 8.16. The van der Waals surface area contributed by atoms with Crippen molar-refractivity contribution in [1.82, 2.24) is 24.7 Å². The molecule has 0 aliphatic heterocycles. The van der Waals surface area contributed by atoms with Crippen molar-refractivity contribution in [2.75, 3.05) is 5.32 Å². The minimum Gasteiger partial charge on any atom is -0.501 e. The van der Waals surface area contributed by atoms with E-state index in [0.717, 1.165) is 11.1 Å². The normalized spacial score (nSPS) is 12.8. The lowest BCUT2D eigenvalue weighted by atomic mass is 9.82. The molecule has 4 aromatic rings. The van der Waals surface area contributed by atoms with E-state index in [1.165, 1.54) is 24.1 Å². The first-order chi connectivity index (χ1) is 16.3. The van der Waals surface area contributed by atoms with Gasteiger partial charge in [-0.15, -0.1) is 0 Å². The Bertz CT molecular complexity index is 1390. The number of carbonyl (C=O) groups excluding carboxylic acids is 1. The van der Waals surface area contributed by atoms with E-state index < -0.39 is 34.7 Å². The molecule has 0 spiro atoms. The number of anilines is 1. The molecule has 3 aromatic heterocycles. The quantitative estimate of drug-likeness (QED) is 0.428. The van der Waals surface area contributed by atoms with E-state index >= 15 is 0 Å². The third kappa shape index (κ3) is 4.40. The summed E-state index contributed by atoms with van der Waals surface area (Å²) in [4.78, 5) is 38.6. The summed E-state index contributed by atoms with van der Waals surface area (Å²) in [6, 6.07) is 7.33. The monoisotopic (exact) mass is 480 g/mol. The number of nitrogens with zero attached hydrogens (tertiary/aromatic N) is 5. The van der Waals surface area contributed by atoms with Gasteiger partial charge in [-0.05, 0) is 24.1 Å². The van der Waals surface area contributed by atoms with Gasteiger partial charge in [0.1, 0.15) is 23.6 Å². The molecule has 11 heteroatoms. The maximum absolute atomic E-state index is 12.8. The molecule has 0 radical (unpaired) electrons. The Balaban J connectivity index is 1.84.